The number of allylic oxidation sites excluding steroid dienone is 2. The van der Waals surface area contributed by atoms with E-state index in [1.807, 2.05) is 50.3 Å². The fraction of sp³-hybridized carbons (Fsp3) is 0.538. The second-order valence-electron chi connectivity index (χ2n) is 8.82. The van der Waals surface area contributed by atoms with E-state index in [2.05, 4.69) is 5.32 Å². The molecule has 1 N–H and O–H groups in total. The van der Waals surface area contributed by atoms with Crippen LogP contribution in [0.4, 0.5) is 0 Å². The van der Waals surface area contributed by atoms with E-state index in [-0.39, 0.29) is 55.0 Å². The lowest BCUT2D eigenvalue weighted by molar-refractivity contribution is -0.144. The predicted molar refractivity (Wildman–Crippen MR) is 128 cm³/mol. The lowest BCUT2D eigenvalue weighted by Crippen LogP contribution is -2.49. The summed E-state index contributed by atoms with van der Waals surface area (Å²) in [5.41, 5.74) is 0.833. The first-order valence-electron chi connectivity index (χ1n) is 12.1. The molecule has 184 valence electrons. The van der Waals surface area contributed by atoms with Gasteiger partial charge >= 0.3 is 0 Å². The summed E-state index contributed by atoms with van der Waals surface area (Å²) in [5, 5.41) is 2.89. The molecule has 34 heavy (non-hydrogen) atoms. The van der Waals surface area contributed by atoms with Gasteiger partial charge in [0.15, 0.2) is 0 Å². The minimum atomic E-state index is -0.651. The first-order chi connectivity index (χ1) is 16.4. The van der Waals surface area contributed by atoms with Crippen LogP contribution in [0.1, 0.15) is 51.5 Å². The van der Waals surface area contributed by atoms with Gasteiger partial charge in [0.1, 0.15) is 11.8 Å². The van der Waals surface area contributed by atoms with Crippen LogP contribution in [-0.2, 0) is 25.7 Å². The number of nitrogens with one attached hydrogen (secondary N) is 1. The Morgan fingerprint density at radius 2 is 1.82 bits per heavy atom. The number of rotatable bonds is 11. The Labute approximate surface area is 201 Å². The van der Waals surface area contributed by atoms with Crippen molar-refractivity contribution in [2.24, 2.45) is 11.8 Å². The third-order valence-corrected chi connectivity index (χ3v) is 6.57. The minimum absolute atomic E-state index is 0.0219. The maximum absolute atomic E-state index is 13.4. The number of nitrogens with zero attached hydrogens (tertiary/aromatic N) is 2. The highest BCUT2D eigenvalue weighted by Gasteiger charge is 2.47. The number of hydrogen-bond donors (Lipinski definition) is 1. The van der Waals surface area contributed by atoms with Gasteiger partial charge in [0, 0.05) is 26.1 Å². The highest BCUT2D eigenvalue weighted by atomic mass is 16.5. The lowest BCUT2D eigenvalue weighted by atomic mass is 9.85. The Morgan fingerprint density at radius 1 is 1.15 bits per heavy atom. The molecule has 1 aromatic rings. The van der Waals surface area contributed by atoms with E-state index in [9.17, 15) is 19.2 Å². The number of amides is 4. The summed E-state index contributed by atoms with van der Waals surface area (Å²) < 4.78 is 5.30. The van der Waals surface area contributed by atoms with E-state index in [4.69, 9.17) is 4.74 Å². The topological polar surface area (TPSA) is 96.0 Å². The zero-order chi connectivity index (χ0) is 24.7. The standard InChI is InChI=1S/C26H35N3O5/c1-4-14-27-24(31)22(5-2)29(17-18-9-8-10-19(16-18)34-3)23(30)13-15-28-25(32)20-11-6-7-12-21(20)26(28)33/h6-10,16,20-22H,4-5,11-15,17H2,1-3H3,(H,27,31)/t20-,21+,22-/m0/s1. The average molecular weight is 470 g/mol. The van der Waals surface area contributed by atoms with Crippen LogP contribution < -0.4 is 10.1 Å². The number of benzene rings is 1. The van der Waals surface area contributed by atoms with Gasteiger partial charge < -0.3 is 15.0 Å². The van der Waals surface area contributed by atoms with E-state index in [0.29, 0.717) is 31.6 Å². The zero-order valence-corrected chi connectivity index (χ0v) is 20.3. The van der Waals surface area contributed by atoms with Crippen molar-refractivity contribution in [3.63, 3.8) is 0 Å². The summed E-state index contributed by atoms with van der Waals surface area (Å²) in [7, 11) is 1.58. The van der Waals surface area contributed by atoms with Gasteiger partial charge in [-0.15, -0.1) is 0 Å². The van der Waals surface area contributed by atoms with Crippen molar-refractivity contribution >= 4 is 23.6 Å². The maximum atomic E-state index is 13.4. The van der Waals surface area contributed by atoms with Crippen LogP contribution in [-0.4, -0.2) is 59.7 Å². The van der Waals surface area contributed by atoms with Crippen LogP contribution in [0.3, 0.4) is 0 Å². The fourth-order valence-electron chi connectivity index (χ4n) is 4.69. The highest BCUT2D eigenvalue weighted by Crippen LogP contribution is 2.35. The van der Waals surface area contributed by atoms with Crippen molar-refractivity contribution in [2.75, 3.05) is 20.2 Å². The van der Waals surface area contributed by atoms with Crippen LogP contribution in [0, 0.1) is 11.8 Å². The van der Waals surface area contributed by atoms with Gasteiger partial charge in [-0.3, -0.25) is 24.1 Å². The van der Waals surface area contributed by atoms with Crippen molar-refractivity contribution in [1.29, 1.82) is 0 Å². The Kier molecular flexibility index (Phi) is 8.85. The van der Waals surface area contributed by atoms with Crippen LogP contribution in [0.5, 0.6) is 5.75 Å². The number of carbonyl (C=O) groups is 4. The Bertz CT molecular complexity index is 918. The molecule has 0 saturated carbocycles. The molecule has 8 nitrogen and oxygen atoms in total. The minimum Gasteiger partial charge on any atom is -0.497 e. The van der Waals surface area contributed by atoms with Gasteiger partial charge in [-0.25, -0.2) is 0 Å². The summed E-state index contributed by atoms with van der Waals surface area (Å²) in [4.78, 5) is 54.6. The molecule has 3 rings (SSSR count). The summed E-state index contributed by atoms with van der Waals surface area (Å²) in [5.74, 6) is -0.829. The average Bonchev–Trinajstić information content (AvgIpc) is 3.10. The van der Waals surface area contributed by atoms with E-state index in [0.717, 1.165) is 12.0 Å². The second kappa shape index (κ2) is 11.8. The van der Waals surface area contributed by atoms with Crippen LogP contribution in [0.25, 0.3) is 0 Å². The van der Waals surface area contributed by atoms with E-state index >= 15 is 0 Å². The number of fused-ring (bicyclic) bond motifs is 1. The molecule has 1 heterocycles. The molecule has 8 heteroatoms. The first-order valence-corrected chi connectivity index (χ1v) is 12.1. The van der Waals surface area contributed by atoms with Gasteiger partial charge in [0.05, 0.1) is 18.9 Å². The van der Waals surface area contributed by atoms with Crippen LogP contribution in [0.2, 0.25) is 0 Å². The van der Waals surface area contributed by atoms with Gasteiger partial charge in [-0.05, 0) is 43.4 Å². The molecule has 2 aliphatic rings. The van der Waals surface area contributed by atoms with Crippen molar-refractivity contribution in [3.05, 3.63) is 42.0 Å². The molecule has 0 unspecified atom stereocenters. The smallest absolute Gasteiger partial charge is 0.242 e. The molecule has 1 aliphatic carbocycles. The van der Waals surface area contributed by atoms with Crippen molar-refractivity contribution in [2.45, 2.75) is 58.5 Å². The SMILES string of the molecule is CCCNC(=O)[C@H](CC)N(Cc1cccc(OC)c1)C(=O)CCN1C(=O)[C@H]2CC=CC[C@H]2C1=O. The summed E-state index contributed by atoms with van der Waals surface area (Å²) in [6, 6.07) is 6.72. The van der Waals surface area contributed by atoms with Crippen LogP contribution >= 0.6 is 0 Å². The largest absolute Gasteiger partial charge is 0.497 e. The molecule has 1 fully saturated rings. The third-order valence-electron chi connectivity index (χ3n) is 6.57. The molecule has 4 amide bonds. The monoisotopic (exact) mass is 469 g/mol. The molecule has 1 saturated heterocycles. The predicted octanol–water partition coefficient (Wildman–Crippen LogP) is 2.67. The lowest BCUT2D eigenvalue weighted by Gasteiger charge is -2.31. The Hall–Kier alpha value is -3.16. The summed E-state index contributed by atoms with van der Waals surface area (Å²) in [6.45, 7) is 4.63. The number of methoxy groups -OCH3 is 1. The summed E-state index contributed by atoms with van der Waals surface area (Å²) in [6.07, 6.45) is 6.24. The fourth-order valence-corrected chi connectivity index (χ4v) is 4.69. The molecule has 1 aliphatic heterocycles. The zero-order valence-electron chi connectivity index (χ0n) is 20.3. The molecular formula is C26H35N3O5. The van der Waals surface area contributed by atoms with Gasteiger partial charge in [-0.2, -0.15) is 0 Å². The van der Waals surface area contributed by atoms with Gasteiger partial charge in [0.25, 0.3) is 0 Å². The number of likely N-dealkylation sites (tertiary alicyclic amines) is 1. The molecular weight excluding hydrogens is 434 g/mol. The number of ether oxygens (including phenoxy) is 1. The normalized spacial score (nSPS) is 20.1. The molecule has 0 spiro atoms. The number of imide groups is 1. The van der Waals surface area contributed by atoms with E-state index in [1.54, 1.807) is 12.0 Å². The molecule has 0 radical (unpaired) electrons. The maximum Gasteiger partial charge on any atom is 0.242 e. The molecule has 0 bridgehead atoms. The van der Waals surface area contributed by atoms with Gasteiger partial charge in [0.2, 0.25) is 23.6 Å². The second-order valence-corrected chi connectivity index (χ2v) is 8.82. The van der Waals surface area contributed by atoms with Crippen molar-refractivity contribution in [1.82, 2.24) is 15.1 Å². The Balaban J connectivity index is 1.76. The molecule has 3 atom stereocenters. The van der Waals surface area contributed by atoms with Crippen molar-refractivity contribution < 1.29 is 23.9 Å². The summed E-state index contributed by atoms with van der Waals surface area (Å²) >= 11 is 0. The molecule has 0 aromatic heterocycles. The Morgan fingerprint density at radius 3 is 2.41 bits per heavy atom. The number of hydrogen-bond acceptors (Lipinski definition) is 5. The number of carbonyl (C=O) groups excluding carboxylic acids is 4. The quantitative estimate of drug-likeness (QED) is 0.397. The first kappa shape index (κ1) is 25.5. The van der Waals surface area contributed by atoms with E-state index in [1.165, 1.54) is 4.90 Å². The van der Waals surface area contributed by atoms with E-state index < -0.39 is 6.04 Å². The van der Waals surface area contributed by atoms with Gasteiger partial charge in [-0.1, -0.05) is 38.1 Å². The van der Waals surface area contributed by atoms with Crippen LogP contribution in [0.15, 0.2) is 36.4 Å². The third kappa shape index (κ3) is 5.66. The van der Waals surface area contributed by atoms with Crippen molar-refractivity contribution in [3.8, 4) is 5.75 Å². The molecule has 1 aromatic carbocycles. The highest BCUT2D eigenvalue weighted by molar-refractivity contribution is 6.05.